The maximum atomic E-state index is 11.9. The van der Waals surface area contributed by atoms with Crippen molar-refractivity contribution in [2.75, 3.05) is 12.3 Å². The first-order valence-electron chi connectivity index (χ1n) is 5.64. The average Bonchev–Trinajstić information content (AvgIpc) is 2.65. The molecule has 6 nitrogen and oxygen atoms in total. The molecule has 0 atom stereocenters. The Morgan fingerprint density at radius 1 is 1.56 bits per heavy atom. The number of aromatic amines is 1. The Hall–Kier alpha value is -2.26. The van der Waals surface area contributed by atoms with Gasteiger partial charge in [0.2, 0.25) is 5.95 Å². The van der Waals surface area contributed by atoms with E-state index in [1.165, 1.54) is 0 Å². The summed E-state index contributed by atoms with van der Waals surface area (Å²) in [5.41, 5.74) is 11.8. The fraction of sp³-hybridized carbons (Fsp3) is 0.333. The largest absolute Gasteiger partial charge is 0.369 e. The third-order valence-corrected chi connectivity index (χ3v) is 2.58. The lowest BCUT2D eigenvalue weighted by molar-refractivity contribution is 0.617. The Bertz CT molecular complexity index is 699. The monoisotopic (exact) mass is 245 g/mol. The van der Waals surface area contributed by atoms with Crippen molar-refractivity contribution in [2.24, 2.45) is 5.73 Å². The number of H-pyrrole nitrogens is 1. The second kappa shape index (κ2) is 4.55. The van der Waals surface area contributed by atoms with Gasteiger partial charge in [0.1, 0.15) is 0 Å². The second-order valence-corrected chi connectivity index (χ2v) is 4.20. The van der Waals surface area contributed by atoms with Crippen LogP contribution >= 0.6 is 0 Å². The fourth-order valence-corrected chi connectivity index (χ4v) is 1.81. The van der Waals surface area contributed by atoms with Gasteiger partial charge >= 0.3 is 0 Å². The molecule has 5 N–H and O–H groups in total. The second-order valence-electron chi connectivity index (χ2n) is 4.20. The highest BCUT2D eigenvalue weighted by Gasteiger charge is 2.14. The normalized spacial score (nSPS) is 10.7. The smallest absolute Gasteiger partial charge is 0.263 e. The summed E-state index contributed by atoms with van der Waals surface area (Å²) < 4.78 is 1.88. The highest BCUT2D eigenvalue weighted by Crippen LogP contribution is 2.19. The van der Waals surface area contributed by atoms with E-state index in [1.807, 2.05) is 18.4 Å². The lowest BCUT2D eigenvalue weighted by Gasteiger charge is -2.07. The predicted octanol–water partition coefficient (Wildman–Crippen LogP) is 0.198. The predicted molar refractivity (Wildman–Crippen MR) is 71.1 cm³/mol. The van der Waals surface area contributed by atoms with Gasteiger partial charge in [0, 0.05) is 12.2 Å². The van der Waals surface area contributed by atoms with Crippen molar-refractivity contribution < 1.29 is 0 Å². The number of nitrogens with one attached hydrogen (secondary N) is 1. The number of anilines is 1. The van der Waals surface area contributed by atoms with E-state index in [-0.39, 0.29) is 24.1 Å². The molecule has 0 amide bonds. The van der Waals surface area contributed by atoms with E-state index in [0.29, 0.717) is 16.6 Å². The third kappa shape index (κ3) is 1.96. The van der Waals surface area contributed by atoms with Gasteiger partial charge in [0.15, 0.2) is 5.65 Å². The Balaban J connectivity index is 2.85. The van der Waals surface area contributed by atoms with E-state index in [0.717, 1.165) is 0 Å². The molecule has 0 aromatic carbocycles. The van der Waals surface area contributed by atoms with Crippen molar-refractivity contribution in [2.45, 2.75) is 19.9 Å². The zero-order valence-corrected chi connectivity index (χ0v) is 10.3. The minimum absolute atomic E-state index is 0.103. The number of hydrogen-bond acceptors (Lipinski definition) is 4. The van der Waals surface area contributed by atoms with Gasteiger partial charge in [-0.25, -0.2) is 0 Å². The molecule has 0 radical (unpaired) electrons. The SMILES string of the molecule is CC(C)n1cc(C#CCN)c2c(=O)[nH]c(N)nc21. The van der Waals surface area contributed by atoms with Crippen molar-refractivity contribution in [1.82, 2.24) is 14.5 Å². The minimum Gasteiger partial charge on any atom is -0.369 e. The van der Waals surface area contributed by atoms with Crippen LogP contribution in [0.5, 0.6) is 0 Å². The van der Waals surface area contributed by atoms with Crippen molar-refractivity contribution >= 4 is 17.0 Å². The summed E-state index contributed by atoms with van der Waals surface area (Å²) in [5.74, 6) is 5.73. The number of hydrogen-bond donors (Lipinski definition) is 3. The van der Waals surface area contributed by atoms with Crippen molar-refractivity contribution in [3.05, 3.63) is 22.1 Å². The molecule has 0 aliphatic carbocycles. The molecule has 18 heavy (non-hydrogen) atoms. The van der Waals surface area contributed by atoms with Gasteiger partial charge in [-0.1, -0.05) is 11.8 Å². The molecular weight excluding hydrogens is 230 g/mol. The van der Waals surface area contributed by atoms with Crippen LogP contribution in [0, 0.1) is 11.8 Å². The summed E-state index contributed by atoms with van der Waals surface area (Å²) in [6.07, 6.45) is 1.81. The van der Waals surface area contributed by atoms with Crippen LogP contribution in [-0.4, -0.2) is 21.1 Å². The van der Waals surface area contributed by atoms with E-state index >= 15 is 0 Å². The molecule has 2 heterocycles. The zero-order valence-electron chi connectivity index (χ0n) is 10.3. The van der Waals surface area contributed by atoms with Gasteiger partial charge in [-0.05, 0) is 13.8 Å². The molecule has 0 saturated heterocycles. The zero-order chi connectivity index (χ0) is 13.3. The topological polar surface area (TPSA) is 103 Å². The van der Waals surface area contributed by atoms with Crippen LogP contribution in [-0.2, 0) is 0 Å². The molecular formula is C12H15N5O. The summed E-state index contributed by atoms with van der Waals surface area (Å²) in [6.45, 7) is 4.24. The van der Waals surface area contributed by atoms with Crippen LogP contribution in [0.2, 0.25) is 0 Å². The third-order valence-electron chi connectivity index (χ3n) is 2.58. The van der Waals surface area contributed by atoms with Crippen molar-refractivity contribution in [1.29, 1.82) is 0 Å². The van der Waals surface area contributed by atoms with E-state index in [2.05, 4.69) is 21.8 Å². The summed E-state index contributed by atoms with van der Waals surface area (Å²) in [7, 11) is 0. The van der Waals surface area contributed by atoms with Crippen LogP contribution in [0.15, 0.2) is 11.0 Å². The number of nitrogen functional groups attached to an aromatic ring is 1. The quantitative estimate of drug-likeness (QED) is 0.624. The lowest BCUT2D eigenvalue weighted by Crippen LogP contribution is -2.12. The van der Waals surface area contributed by atoms with Crippen molar-refractivity contribution in [3.8, 4) is 11.8 Å². The van der Waals surface area contributed by atoms with E-state index in [1.54, 1.807) is 6.20 Å². The van der Waals surface area contributed by atoms with Crippen LogP contribution in [0.3, 0.4) is 0 Å². The summed E-state index contributed by atoms with van der Waals surface area (Å²) in [5, 5.41) is 0.457. The molecule has 0 aliphatic heterocycles. The van der Waals surface area contributed by atoms with E-state index < -0.39 is 0 Å². The Morgan fingerprint density at radius 3 is 2.89 bits per heavy atom. The fourth-order valence-electron chi connectivity index (χ4n) is 1.81. The first-order chi connectivity index (χ1) is 8.54. The maximum absolute atomic E-state index is 11.9. The number of rotatable bonds is 1. The molecule has 94 valence electrons. The van der Waals surface area contributed by atoms with Gasteiger partial charge in [0.25, 0.3) is 5.56 Å². The molecule has 0 spiro atoms. The summed E-state index contributed by atoms with van der Waals surface area (Å²) in [4.78, 5) is 18.6. The van der Waals surface area contributed by atoms with E-state index in [9.17, 15) is 4.79 Å². The molecule has 0 aliphatic rings. The molecule has 2 aromatic rings. The average molecular weight is 245 g/mol. The van der Waals surface area contributed by atoms with Crippen LogP contribution in [0.4, 0.5) is 5.95 Å². The summed E-state index contributed by atoms with van der Waals surface area (Å²) >= 11 is 0. The minimum atomic E-state index is -0.279. The number of fused-ring (bicyclic) bond motifs is 1. The standard InChI is InChI=1S/C12H15N5O/c1-7(2)17-6-8(4-3-5-13)9-10(17)15-12(14)16-11(9)18/h6-7H,5,13H2,1-2H3,(H3,14,15,16,18). The number of nitrogens with two attached hydrogens (primary N) is 2. The highest BCUT2D eigenvalue weighted by molar-refractivity contribution is 5.83. The molecule has 0 saturated carbocycles. The lowest BCUT2D eigenvalue weighted by atomic mass is 10.2. The van der Waals surface area contributed by atoms with Crippen LogP contribution in [0.25, 0.3) is 11.0 Å². The molecule has 0 fully saturated rings. The summed E-state index contributed by atoms with van der Waals surface area (Å²) in [6, 6.07) is 0.162. The molecule has 2 rings (SSSR count). The van der Waals surface area contributed by atoms with Gasteiger partial charge in [-0.3, -0.25) is 9.78 Å². The number of nitrogens with zero attached hydrogens (tertiary/aromatic N) is 2. The number of aromatic nitrogens is 3. The Labute approximate surface area is 104 Å². The van der Waals surface area contributed by atoms with Gasteiger partial charge in [-0.15, -0.1) is 0 Å². The Morgan fingerprint density at radius 2 is 2.28 bits per heavy atom. The van der Waals surface area contributed by atoms with Crippen molar-refractivity contribution in [3.63, 3.8) is 0 Å². The molecule has 0 bridgehead atoms. The van der Waals surface area contributed by atoms with Crippen LogP contribution in [0.1, 0.15) is 25.5 Å². The first kappa shape index (κ1) is 12.2. The maximum Gasteiger partial charge on any atom is 0.263 e. The highest BCUT2D eigenvalue weighted by atomic mass is 16.1. The van der Waals surface area contributed by atoms with Gasteiger partial charge in [-0.2, -0.15) is 4.98 Å². The van der Waals surface area contributed by atoms with Gasteiger partial charge in [0.05, 0.1) is 17.5 Å². The Kier molecular flexibility index (Phi) is 3.08. The van der Waals surface area contributed by atoms with Gasteiger partial charge < -0.3 is 16.0 Å². The molecule has 6 heteroatoms. The van der Waals surface area contributed by atoms with Crippen LogP contribution < -0.4 is 17.0 Å². The molecule has 0 unspecified atom stereocenters. The molecule has 2 aromatic heterocycles. The van der Waals surface area contributed by atoms with E-state index in [4.69, 9.17) is 11.5 Å². The first-order valence-corrected chi connectivity index (χ1v) is 5.64.